The number of benzene rings is 1. The van der Waals surface area contributed by atoms with Gasteiger partial charge in [0.1, 0.15) is 0 Å². The van der Waals surface area contributed by atoms with Gasteiger partial charge in [-0.15, -0.1) is 0 Å². The Balaban J connectivity index is 2.19. The van der Waals surface area contributed by atoms with Crippen molar-refractivity contribution in [2.75, 3.05) is 7.05 Å². The second-order valence-electron chi connectivity index (χ2n) is 4.62. The topological polar surface area (TPSA) is 37.4 Å². The highest BCUT2D eigenvalue weighted by atomic mass is 16.2. The first-order chi connectivity index (χ1) is 7.68. The molecule has 2 atom stereocenters. The molecule has 82 valence electrons. The van der Waals surface area contributed by atoms with Crippen molar-refractivity contribution >= 4 is 11.7 Å². The Hall–Kier alpha value is -1.64. The molecule has 3 nitrogen and oxygen atoms in total. The Kier molecular flexibility index (Phi) is 1.90. The van der Waals surface area contributed by atoms with Crippen LogP contribution in [0.25, 0.3) is 0 Å². The monoisotopic (exact) mass is 215 g/mol. The third kappa shape index (κ3) is 1.14. The standard InChI is InChI=1S/C13H13NO2/c1-14-11-6-8(7-12(11)15)9-4-2-3-5-10(9)13(14)16/h2-5,8,11H,6-7H2,1H3/t8-,11+/m0/s1. The highest BCUT2D eigenvalue weighted by molar-refractivity contribution is 6.01. The molecule has 0 radical (unpaired) electrons. The summed E-state index contributed by atoms with van der Waals surface area (Å²) in [5.41, 5.74) is 1.82. The third-order valence-corrected chi connectivity index (χ3v) is 3.75. The quantitative estimate of drug-likeness (QED) is 0.659. The Labute approximate surface area is 94.1 Å². The van der Waals surface area contributed by atoms with Crippen LogP contribution in [0.1, 0.15) is 34.7 Å². The maximum atomic E-state index is 12.1. The lowest BCUT2D eigenvalue weighted by Gasteiger charge is -2.22. The van der Waals surface area contributed by atoms with E-state index in [2.05, 4.69) is 0 Å². The molecule has 3 rings (SSSR count). The van der Waals surface area contributed by atoms with E-state index in [9.17, 15) is 9.59 Å². The molecule has 0 spiro atoms. The van der Waals surface area contributed by atoms with Gasteiger partial charge in [-0.3, -0.25) is 9.59 Å². The van der Waals surface area contributed by atoms with Gasteiger partial charge in [-0.2, -0.15) is 0 Å². The Morgan fingerprint density at radius 3 is 2.81 bits per heavy atom. The number of amides is 1. The van der Waals surface area contributed by atoms with Crippen LogP contribution in [0.3, 0.4) is 0 Å². The predicted molar refractivity (Wildman–Crippen MR) is 59.3 cm³/mol. The lowest BCUT2D eigenvalue weighted by Crippen LogP contribution is -2.39. The van der Waals surface area contributed by atoms with Crippen LogP contribution in [0.4, 0.5) is 0 Å². The van der Waals surface area contributed by atoms with Gasteiger partial charge in [0, 0.05) is 19.0 Å². The maximum absolute atomic E-state index is 12.1. The van der Waals surface area contributed by atoms with Gasteiger partial charge >= 0.3 is 0 Å². The van der Waals surface area contributed by atoms with E-state index < -0.39 is 0 Å². The molecule has 1 fully saturated rings. The molecule has 0 N–H and O–H groups in total. The van der Waals surface area contributed by atoms with E-state index in [1.807, 2.05) is 24.3 Å². The number of Topliss-reactive ketones (excluding diaryl/α,β-unsaturated/α-hetero) is 1. The average molecular weight is 215 g/mol. The van der Waals surface area contributed by atoms with E-state index in [1.165, 1.54) is 0 Å². The van der Waals surface area contributed by atoms with E-state index in [4.69, 9.17) is 0 Å². The zero-order chi connectivity index (χ0) is 11.3. The van der Waals surface area contributed by atoms with E-state index >= 15 is 0 Å². The molecule has 2 aliphatic rings. The van der Waals surface area contributed by atoms with Gasteiger partial charge in [-0.1, -0.05) is 18.2 Å². The van der Waals surface area contributed by atoms with Crippen LogP contribution in [-0.2, 0) is 4.79 Å². The van der Waals surface area contributed by atoms with Crippen LogP contribution in [0, 0.1) is 0 Å². The number of hydrogen-bond donors (Lipinski definition) is 0. The summed E-state index contributed by atoms with van der Waals surface area (Å²) in [6, 6.07) is 7.46. The van der Waals surface area contributed by atoms with Gasteiger partial charge in [0.15, 0.2) is 5.78 Å². The summed E-state index contributed by atoms with van der Waals surface area (Å²) in [5.74, 6) is 0.425. The van der Waals surface area contributed by atoms with Gasteiger partial charge in [0.25, 0.3) is 5.91 Å². The Morgan fingerprint density at radius 2 is 2.00 bits per heavy atom. The molecule has 1 aliphatic heterocycles. The number of carbonyl (C=O) groups is 2. The molecule has 0 saturated heterocycles. The minimum Gasteiger partial charge on any atom is -0.332 e. The number of carbonyl (C=O) groups excluding carboxylic acids is 2. The van der Waals surface area contributed by atoms with Crippen molar-refractivity contribution in [2.45, 2.75) is 24.8 Å². The molecule has 16 heavy (non-hydrogen) atoms. The number of rotatable bonds is 0. The number of hydrogen-bond acceptors (Lipinski definition) is 2. The van der Waals surface area contributed by atoms with Crippen LogP contribution in [0.15, 0.2) is 24.3 Å². The molecule has 1 aromatic carbocycles. The van der Waals surface area contributed by atoms with Crippen LogP contribution >= 0.6 is 0 Å². The Bertz CT molecular complexity index is 481. The van der Waals surface area contributed by atoms with E-state index in [-0.39, 0.29) is 23.7 Å². The molecule has 0 unspecified atom stereocenters. The molecule has 1 amide bonds. The first-order valence-electron chi connectivity index (χ1n) is 5.57. The second kappa shape index (κ2) is 3.17. The van der Waals surface area contributed by atoms with Crippen molar-refractivity contribution in [3.05, 3.63) is 35.4 Å². The number of likely N-dealkylation sites (N-methyl/N-ethyl adjacent to an activating group) is 1. The number of fused-ring (bicyclic) bond motifs is 4. The van der Waals surface area contributed by atoms with Gasteiger partial charge in [-0.05, 0) is 24.0 Å². The summed E-state index contributed by atoms with van der Waals surface area (Å²) in [7, 11) is 1.73. The van der Waals surface area contributed by atoms with Crippen molar-refractivity contribution in [1.29, 1.82) is 0 Å². The highest BCUT2D eigenvalue weighted by Gasteiger charge is 2.42. The SMILES string of the molecule is CN1C(=O)c2ccccc2[C@@H]2CC(=O)[C@H]1C2. The van der Waals surface area contributed by atoms with Crippen LogP contribution < -0.4 is 0 Å². The highest BCUT2D eigenvalue weighted by Crippen LogP contribution is 2.39. The molecule has 3 heteroatoms. The molecule has 0 aromatic heterocycles. The summed E-state index contributed by atoms with van der Waals surface area (Å²) in [6.45, 7) is 0. The average Bonchev–Trinajstić information content (AvgIpc) is 2.65. The third-order valence-electron chi connectivity index (χ3n) is 3.75. The van der Waals surface area contributed by atoms with Gasteiger partial charge in [0.05, 0.1) is 6.04 Å². The molecule has 1 saturated carbocycles. The van der Waals surface area contributed by atoms with E-state index in [1.54, 1.807) is 11.9 Å². The molecule has 1 aromatic rings. The van der Waals surface area contributed by atoms with E-state index in [0.29, 0.717) is 6.42 Å². The molecular formula is C13H13NO2. The van der Waals surface area contributed by atoms with Gasteiger partial charge in [-0.25, -0.2) is 0 Å². The smallest absolute Gasteiger partial charge is 0.254 e. The minimum absolute atomic E-state index is 0.0175. The van der Waals surface area contributed by atoms with Gasteiger partial charge < -0.3 is 4.90 Å². The maximum Gasteiger partial charge on any atom is 0.254 e. The van der Waals surface area contributed by atoms with Crippen molar-refractivity contribution < 1.29 is 9.59 Å². The number of nitrogens with zero attached hydrogens (tertiary/aromatic N) is 1. The zero-order valence-electron chi connectivity index (χ0n) is 9.14. The van der Waals surface area contributed by atoms with E-state index in [0.717, 1.165) is 17.5 Å². The fourth-order valence-corrected chi connectivity index (χ4v) is 2.85. The molecule has 2 bridgehead atoms. The van der Waals surface area contributed by atoms with Crippen molar-refractivity contribution in [3.8, 4) is 0 Å². The second-order valence-corrected chi connectivity index (χ2v) is 4.62. The van der Waals surface area contributed by atoms with Crippen LogP contribution in [0.5, 0.6) is 0 Å². The fourth-order valence-electron chi connectivity index (χ4n) is 2.85. The molecule has 1 aliphatic carbocycles. The summed E-state index contributed by atoms with van der Waals surface area (Å²) >= 11 is 0. The largest absolute Gasteiger partial charge is 0.332 e. The summed E-state index contributed by atoms with van der Waals surface area (Å²) in [6.07, 6.45) is 1.37. The normalized spacial score (nSPS) is 27.9. The van der Waals surface area contributed by atoms with Crippen LogP contribution in [0.2, 0.25) is 0 Å². The van der Waals surface area contributed by atoms with Crippen molar-refractivity contribution in [3.63, 3.8) is 0 Å². The first-order valence-corrected chi connectivity index (χ1v) is 5.57. The van der Waals surface area contributed by atoms with Gasteiger partial charge in [0.2, 0.25) is 0 Å². The summed E-state index contributed by atoms with van der Waals surface area (Å²) in [5, 5.41) is 0. The van der Waals surface area contributed by atoms with Crippen LogP contribution in [-0.4, -0.2) is 29.7 Å². The molecule has 1 heterocycles. The minimum atomic E-state index is -0.204. The zero-order valence-corrected chi connectivity index (χ0v) is 9.14. The Morgan fingerprint density at radius 1 is 1.25 bits per heavy atom. The number of ketones is 1. The van der Waals surface area contributed by atoms with Crippen molar-refractivity contribution in [1.82, 2.24) is 4.90 Å². The first kappa shape index (κ1) is 9.58. The lowest BCUT2D eigenvalue weighted by atomic mass is 9.93. The summed E-state index contributed by atoms with van der Waals surface area (Å²) < 4.78 is 0. The van der Waals surface area contributed by atoms with Crippen molar-refractivity contribution in [2.24, 2.45) is 0 Å². The summed E-state index contributed by atoms with van der Waals surface area (Å²) in [4.78, 5) is 25.5. The lowest BCUT2D eigenvalue weighted by molar-refractivity contribution is -0.121. The predicted octanol–water partition coefficient (Wildman–Crippen LogP) is 1.59. The fraction of sp³-hybridized carbons (Fsp3) is 0.385. The molecular weight excluding hydrogens is 202 g/mol.